The third-order valence-corrected chi connectivity index (χ3v) is 7.54. The summed E-state index contributed by atoms with van der Waals surface area (Å²) in [4.78, 5) is 35.5. The molecular formula is C30H26F6N4O3. The van der Waals surface area contributed by atoms with Crippen LogP contribution in [-0.2, 0) is 12.0 Å². The summed E-state index contributed by atoms with van der Waals surface area (Å²) in [5, 5.41) is 9.84. The summed E-state index contributed by atoms with van der Waals surface area (Å²) in [5.74, 6) is -0.117. The molecule has 0 unspecified atom stereocenters. The van der Waals surface area contributed by atoms with Gasteiger partial charge in [-0.15, -0.1) is 0 Å². The minimum atomic E-state index is -6.06. The zero-order valence-corrected chi connectivity index (χ0v) is 22.8. The van der Waals surface area contributed by atoms with E-state index in [1.807, 2.05) is 7.05 Å². The molecule has 7 nitrogen and oxygen atoms in total. The van der Waals surface area contributed by atoms with Crippen molar-refractivity contribution in [3.63, 3.8) is 0 Å². The number of rotatable bonds is 5. The lowest BCUT2D eigenvalue weighted by atomic mass is 9.92. The number of hydrogen-bond donors (Lipinski definition) is 1. The summed E-state index contributed by atoms with van der Waals surface area (Å²) in [6.45, 7) is 2.37. The molecule has 2 heterocycles. The van der Waals surface area contributed by atoms with E-state index < -0.39 is 29.1 Å². The van der Waals surface area contributed by atoms with Crippen molar-refractivity contribution in [1.82, 2.24) is 19.4 Å². The van der Waals surface area contributed by atoms with Gasteiger partial charge < -0.3 is 14.9 Å². The Morgan fingerprint density at radius 2 is 1.47 bits per heavy atom. The fraction of sp³-hybridized carbons (Fsp3) is 0.300. The number of amides is 1. The number of piperazine rings is 1. The summed E-state index contributed by atoms with van der Waals surface area (Å²) < 4.78 is 81.7. The van der Waals surface area contributed by atoms with Gasteiger partial charge in [0, 0.05) is 43.7 Å². The van der Waals surface area contributed by atoms with Gasteiger partial charge in [0.2, 0.25) is 0 Å². The van der Waals surface area contributed by atoms with Crippen LogP contribution in [0.5, 0.6) is 0 Å². The lowest BCUT2D eigenvalue weighted by Gasteiger charge is -2.32. The van der Waals surface area contributed by atoms with Crippen molar-refractivity contribution in [2.45, 2.75) is 24.4 Å². The summed E-state index contributed by atoms with van der Waals surface area (Å²) in [5.41, 5.74) is -6.06. The topological polar surface area (TPSA) is 78.7 Å². The number of likely N-dealkylation sites (N-methyl/N-ethyl adjacent to an activating group) is 1. The van der Waals surface area contributed by atoms with Gasteiger partial charge in [-0.1, -0.05) is 42.5 Å². The number of nitrogens with zero attached hydrogens (tertiary/aromatic N) is 4. The average molecular weight is 605 g/mol. The monoisotopic (exact) mass is 604 g/mol. The van der Waals surface area contributed by atoms with Crippen LogP contribution in [0.15, 0.2) is 77.6 Å². The standard InChI is InChI=1S/C30H26F6N4O3/c1-38-13-15-39(16-14-38)26(41)20-7-12-24-23(18-20)27(42)40(25(37-24)17-19-5-3-2-4-6-19)22-10-8-21(9-11-22)28(43,29(31,32)33)30(34,35)36/h2-12,18,43H,13-17H2,1H3. The molecule has 0 atom stereocenters. The molecule has 226 valence electrons. The molecule has 1 aliphatic rings. The largest absolute Gasteiger partial charge is 0.430 e. The third kappa shape index (κ3) is 5.62. The number of hydrogen-bond acceptors (Lipinski definition) is 5. The third-order valence-electron chi connectivity index (χ3n) is 7.54. The Bertz CT molecular complexity index is 1680. The van der Waals surface area contributed by atoms with E-state index in [1.165, 1.54) is 12.1 Å². The number of carbonyl (C=O) groups is 1. The molecule has 43 heavy (non-hydrogen) atoms. The summed E-state index contributed by atoms with van der Waals surface area (Å²) >= 11 is 0. The molecule has 0 aliphatic carbocycles. The minimum absolute atomic E-state index is 0.0444. The molecule has 13 heteroatoms. The quantitative estimate of drug-likeness (QED) is 0.335. The Hall–Kier alpha value is -4.23. The van der Waals surface area contributed by atoms with E-state index >= 15 is 0 Å². The lowest BCUT2D eigenvalue weighted by molar-refractivity contribution is -0.376. The van der Waals surface area contributed by atoms with Crippen LogP contribution < -0.4 is 5.56 Å². The summed E-state index contributed by atoms with van der Waals surface area (Å²) in [7, 11) is 1.94. The maximum Gasteiger partial charge on any atom is 0.430 e. The molecule has 1 N–H and O–H groups in total. The van der Waals surface area contributed by atoms with Crippen LogP contribution in [0.2, 0.25) is 0 Å². The summed E-state index contributed by atoms with van der Waals surface area (Å²) in [6.07, 6.45) is -12.0. The number of aromatic nitrogens is 2. The Labute approximate surface area is 241 Å². The van der Waals surface area contributed by atoms with Crippen LogP contribution in [0, 0.1) is 0 Å². The van der Waals surface area contributed by atoms with Gasteiger partial charge >= 0.3 is 12.4 Å². The van der Waals surface area contributed by atoms with Crippen molar-refractivity contribution in [2.24, 2.45) is 0 Å². The molecule has 1 amide bonds. The lowest BCUT2D eigenvalue weighted by Crippen LogP contribution is -2.53. The van der Waals surface area contributed by atoms with E-state index in [1.54, 1.807) is 41.3 Å². The van der Waals surface area contributed by atoms with Gasteiger partial charge in [-0.05, 0) is 42.9 Å². The number of benzene rings is 3. The molecule has 0 saturated carbocycles. The first kappa shape index (κ1) is 30.2. The summed E-state index contributed by atoms with van der Waals surface area (Å²) in [6, 6.07) is 16.1. The van der Waals surface area contributed by atoms with Crippen molar-refractivity contribution in [3.8, 4) is 5.69 Å². The van der Waals surface area contributed by atoms with Gasteiger partial charge in [0.05, 0.1) is 16.6 Å². The van der Waals surface area contributed by atoms with Gasteiger partial charge in [0.25, 0.3) is 17.1 Å². The van der Waals surface area contributed by atoms with Gasteiger partial charge in [0.1, 0.15) is 5.82 Å². The predicted octanol–water partition coefficient (Wildman–Crippen LogP) is 4.68. The first-order valence-electron chi connectivity index (χ1n) is 13.2. The van der Waals surface area contributed by atoms with Crippen LogP contribution in [0.25, 0.3) is 16.6 Å². The normalized spacial score (nSPS) is 15.2. The van der Waals surface area contributed by atoms with Crippen LogP contribution in [0.1, 0.15) is 27.3 Å². The molecule has 1 aliphatic heterocycles. The van der Waals surface area contributed by atoms with Crippen LogP contribution >= 0.6 is 0 Å². The molecule has 3 aromatic carbocycles. The molecule has 5 rings (SSSR count). The van der Waals surface area contributed by atoms with Crippen LogP contribution in [-0.4, -0.2) is 75.9 Å². The van der Waals surface area contributed by atoms with Gasteiger partial charge in [-0.3, -0.25) is 14.2 Å². The smallest absolute Gasteiger partial charge is 0.369 e. The van der Waals surface area contributed by atoms with Crippen molar-refractivity contribution in [2.75, 3.05) is 33.2 Å². The van der Waals surface area contributed by atoms with E-state index in [0.717, 1.165) is 22.3 Å². The predicted molar refractivity (Wildman–Crippen MR) is 146 cm³/mol. The van der Waals surface area contributed by atoms with E-state index in [2.05, 4.69) is 9.88 Å². The molecule has 0 radical (unpaired) electrons. The average Bonchev–Trinajstić information content (AvgIpc) is 2.96. The van der Waals surface area contributed by atoms with Gasteiger partial charge in [-0.25, -0.2) is 4.98 Å². The Morgan fingerprint density at radius 1 is 0.860 bits per heavy atom. The fourth-order valence-corrected chi connectivity index (χ4v) is 5.06. The molecular weight excluding hydrogens is 578 g/mol. The van der Waals surface area contributed by atoms with Crippen molar-refractivity contribution < 1.29 is 36.2 Å². The highest BCUT2D eigenvalue weighted by Gasteiger charge is 2.71. The zero-order chi connectivity index (χ0) is 31.2. The molecule has 1 fully saturated rings. The maximum atomic E-state index is 13.9. The SMILES string of the molecule is CN1CCN(C(=O)c2ccc3nc(Cc4ccccc4)n(-c4ccc(C(O)(C(F)(F)F)C(F)(F)F)cc4)c(=O)c3c2)CC1. The number of aliphatic hydroxyl groups is 1. The van der Waals surface area contributed by atoms with Crippen molar-refractivity contribution >= 4 is 16.8 Å². The second kappa shape index (κ2) is 11.1. The van der Waals surface area contributed by atoms with Crippen molar-refractivity contribution in [1.29, 1.82) is 0 Å². The number of halogens is 6. The highest BCUT2D eigenvalue weighted by Crippen LogP contribution is 2.50. The Kier molecular flexibility index (Phi) is 7.82. The van der Waals surface area contributed by atoms with Gasteiger partial charge in [-0.2, -0.15) is 26.3 Å². The Morgan fingerprint density at radius 3 is 2.05 bits per heavy atom. The van der Waals surface area contributed by atoms with Crippen molar-refractivity contribution in [3.05, 3.63) is 106 Å². The first-order valence-corrected chi connectivity index (χ1v) is 13.2. The van der Waals surface area contributed by atoms with Crippen LogP contribution in [0.4, 0.5) is 26.3 Å². The molecule has 1 aromatic heterocycles. The number of alkyl halides is 6. The second-order valence-corrected chi connectivity index (χ2v) is 10.4. The maximum absolute atomic E-state index is 13.9. The van der Waals surface area contributed by atoms with Gasteiger partial charge in [0.15, 0.2) is 0 Å². The molecule has 1 saturated heterocycles. The second-order valence-electron chi connectivity index (χ2n) is 10.4. The number of fused-ring (bicyclic) bond motifs is 1. The van der Waals surface area contributed by atoms with Crippen LogP contribution in [0.3, 0.4) is 0 Å². The zero-order valence-electron chi connectivity index (χ0n) is 22.8. The minimum Gasteiger partial charge on any atom is -0.369 e. The Balaban J connectivity index is 1.63. The molecule has 0 bridgehead atoms. The first-order chi connectivity index (χ1) is 20.2. The highest BCUT2D eigenvalue weighted by atomic mass is 19.4. The van der Waals surface area contributed by atoms with E-state index in [-0.39, 0.29) is 40.3 Å². The number of carbonyl (C=O) groups excluding carboxylic acids is 1. The van der Waals surface area contributed by atoms with E-state index in [0.29, 0.717) is 38.3 Å². The van der Waals surface area contributed by atoms with E-state index in [4.69, 9.17) is 0 Å². The highest BCUT2D eigenvalue weighted by molar-refractivity contribution is 5.98. The van der Waals surface area contributed by atoms with E-state index in [9.17, 15) is 41.0 Å². The fourth-order valence-electron chi connectivity index (χ4n) is 5.06. The molecule has 4 aromatic rings. The molecule has 0 spiro atoms.